The first-order valence-electron chi connectivity index (χ1n) is 2.91. The summed E-state index contributed by atoms with van der Waals surface area (Å²) in [5.41, 5.74) is 0. The van der Waals surface area contributed by atoms with Gasteiger partial charge in [-0.15, -0.1) is 0 Å². The number of halogens is 1. The summed E-state index contributed by atoms with van der Waals surface area (Å²) in [6, 6.07) is 0.991. The molecule has 2 nitrogen and oxygen atoms in total. The largest absolute Gasteiger partial charge is 0.397 e. The van der Waals surface area contributed by atoms with Crippen LogP contribution in [0.25, 0.3) is 0 Å². The molecule has 0 aliphatic rings. The van der Waals surface area contributed by atoms with Gasteiger partial charge in [0.05, 0.1) is 0 Å². The average Bonchev–Trinajstić information content (AvgIpc) is 1.95. The van der Waals surface area contributed by atoms with Gasteiger partial charge in [-0.25, -0.2) is 0 Å². The third kappa shape index (κ3) is 2.37. The van der Waals surface area contributed by atoms with E-state index in [2.05, 4.69) is 22.9 Å². The molecule has 0 radical (unpaired) electrons. The maximum absolute atomic E-state index is 5.26. The first kappa shape index (κ1) is 9.62. The maximum Gasteiger partial charge on any atom is 0.348 e. The zero-order chi connectivity index (χ0) is 7.33. The topological polar surface area (TPSA) is 18.5 Å². The quantitative estimate of drug-likeness (QED) is 0.522. The van der Waals surface area contributed by atoms with E-state index in [9.17, 15) is 0 Å². The van der Waals surface area contributed by atoms with Crippen LogP contribution in [-0.4, -0.2) is 27.7 Å². The van der Waals surface area contributed by atoms with Crippen LogP contribution in [-0.2, 0) is 8.85 Å². The Balaban J connectivity index is 3.82. The van der Waals surface area contributed by atoms with Crippen LogP contribution in [0.3, 0.4) is 0 Å². The molecule has 0 aromatic rings. The Morgan fingerprint density at radius 3 is 1.78 bits per heavy atom. The third-order valence-electron chi connectivity index (χ3n) is 1.49. The van der Waals surface area contributed by atoms with Gasteiger partial charge in [-0.05, 0) is 6.04 Å². The lowest BCUT2D eigenvalue weighted by Gasteiger charge is -2.22. The van der Waals surface area contributed by atoms with Gasteiger partial charge in [0.2, 0.25) is 0 Å². The van der Waals surface area contributed by atoms with Crippen molar-refractivity contribution in [3.63, 3.8) is 0 Å². The highest BCUT2D eigenvalue weighted by atomic mass is 79.9. The SMILES string of the molecule is CC[Si](CBr)(OC)OC. The molecule has 9 heavy (non-hydrogen) atoms. The van der Waals surface area contributed by atoms with Gasteiger partial charge in [-0.1, -0.05) is 22.9 Å². The summed E-state index contributed by atoms with van der Waals surface area (Å²) >= 11 is 3.37. The first-order chi connectivity index (χ1) is 4.24. The van der Waals surface area contributed by atoms with Crippen LogP contribution >= 0.6 is 15.9 Å². The van der Waals surface area contributed by atoms with Gasteiger partial charge >= 0.3 is 8.56 Å². The van der Waals surface area contributed by atoms with Crippen molar-refractivity contribution in [2.75, 3.05) is 19.2 Å². The predicted molar refractivity (Wildman–Crippen MR) is 44.0 cm³/mol. The molecule has 56 valence electrons. The Kier molecular flexibility index (Phi) is 4.74. The lowest BCUT2D eigenvalue weighted by Crippen LogP contribution is -2.41. The minimum absolute atomic E-state index is 0.851. The molecule has 0 unspecified atom stereocenters. The van der Waals surface area contributed by atoms with Gasteiger partial charge in [0.25, 0.3) is 0 Å². The smallest absolute Gasteiger partial charge is 0.348 e. The molecule has 0 saturated carbocycles. The third-order valence-corrected chi connectivity index (χ3v) is 7.02. The van der Waals surface area contributed by atoms with Crippen molar-refractivity contribution in [1.82, 2.24) is 0 Å². The van der Waals surface area contributed by atoms with E-state index in [0.717, 1.165) is 11.0 Å². The van der Waals surface area contributed by atoms with Crippen molar-refractivity contribution in [2.45, 2.75) is 13.0 Å². The predicted octanol–water partition coefficient (Wildman–Crippen LogP) is 1.68. The second kappa shape index (κ2) is 4.44. The Hall–Kier alpha value is 0.617. The Bertz CT molecular complexity index is 57.8. The summed E-state index contributed by atoms with van der Waals surface area (Å²) in [6.45, 7) is 2.08. The van der Waals surface area contributed by atoms with E-state index in [1.165, 1.54) is 0 Å². The highest BCUT2D eigenvalue weighted by Gasteiger charge is 2.31. The molecule has 4 heteroatoms. The molecule has 0 N–H and O–H groups in total. The van der Waals surface area contributed by atoms with Crippen LogP contribution in [0.1, 0.15) is 6.92 Å². The lowest BCUT2D eigenvalue weighted by atomic mass is 11.0. The molecule has 0 aliphatic carbocycles. The number of hydrogen-bond donors (Lipinski definition) is 0. The molecule has 0 amide bonds. The van der Waals surface area contributed by atoms with Crippen LogP contribution in [0, 0.1) is 0 Å². The minimum atomic E-state index is -1.77. The van der Waals surface area contributed by atoms with Gasteiger partial charge < -0.3 is 8.85 Å². The maximum atomic E-state index is 5.26. The highest BCUT2D eigenvalue weighted by Crippen LogP contribution is 2.12. The second-order valence-corrected chi connectivity index (χ2v) is 7.10. The molecular formula is C5H13BrO2Si. The van der Waals surface area contributed by atoms with Gasteiger partial charge in [0.1, 0.15) is 0 Å². The Morgan fingerprint density at radius 1 is 1.33 bits per heavy atom. The molecule has 0 aromatic heterocycles. The fraction of sp³-hybridized carbons (Fsp3) is 1.00. The van der Waals surface area contributed by atoms with Gasteiger partial charge in [-0.3, -0.25) is 0 Å². The minimum Gasteiger partial charge on any atom is -0.397 e. The fourth-order valence-electron chi connectivity index (χ4n) is 0.576. The standard InChI is InChI=1S/C5H13BrO2Si/c1-4-9(5-6,7-2)8-3/h4-5H2,1-3H3. The summed E-state index contributed by atoms with van der Waals surface area (Å²) in [4.78, 5) is 0.851. The van der Waals surface area contributed by atoms with E-state index in [4.69, 9.17) is 8.85 Å². The molecule has 0 heterocycles. The molecule has 0 fully saturated rings. The van der Waals surface area contributed by atoms with Gasteiger partial charge in [-0.2, -0.15) is 0 Å². The van der Waals surface area contributed by atoms with Crippen molar-refractivity contribution in [2.24, 2.45) is 0 Å². The summed E-state index contributed by atoms with van der Waals surface area (Å²) in [7, 11) is 1.64. The molecule has 0 aliphatic heterocycles. The summed E-state index contributed by atoms with van der Waals surface area (Å²) < 4.78 is 10.5. The van der Waals surface area contributed by atoms with E-state index in [0.29, 0.717) is 0 Å². The van der Waals surface area contributed by atoms with Gasteiger partial charge in [0.15, 0.2) is 0 Å². The van der Waals surface area contributed by atoms with Crippen LogP contribution in [0.4, 0.5) is 0 Å². The lowest BCUT2D eigenvalue weighted by molar-refractivity contribution is 0.250. The van der Waals surface area contributed by atoms with E-state index in [1.54, 1.807) is 14.2 Å². The van der Waals surface area contributed by atoms with Crippen molar-refractivity contribution < 1.29 is 8.85 Å². The van der Waals surface area contributed by atoms with E-state index >= 15 is 0 Å². The summed E-state index contributed by atoms with van der Waals surface area (Å²) in [5.74, 6) is 0. The number of hydrogen-bond acceptors (Lipinski definition) is 2. The highest BCUT2D eigenvalue weighted by molar-refractivity contribution is 9.09. The Labute approximate surface area is 65.9 Å². The van der Waals surface area contributed by atoms with Crippen LogP contribution in [0.2, 0.25) is 6.04 Å². The van der Waals surface area contributed by atoms with Crippen LogP contribution in [0.15, 0.2) is 0 Å². The van der Waals surface area contributed by atoms with E-state index in [-0.39, 0.29) is 0 Å². The van der Waals surface area contributed by atoms with Crippen LogP contribution in [0.5, 0.6) is 0 Å². The van der Waals surface area contributed by atoms with E-state index < -0.39 is 8.56 Å². The van der Waals surface area contributed by atoms with Crippen molar-refractivity contribution in [1.29, 1.82) is 0 Å². The Morgan fingerprint density at radius 2 is 1.78 bits per heavy atom. The fourth-order valence-corrected chi connectivity index (χ4v) is 4.29. The number of rotatable bonds is 4. The molecule has 0 aromatic carbocycles. The molecule has 0 atom stereocenters. The summed E-state index contributed by atoms with van der Waals surface area (Å²) in [5, 5.41) is 0. The molecule has 0 saturated heterocycles. The summed E-state index contributed by atoms with van der Waals surface area (Å²) in [6.07, 6.45) is 0. The number of alkyl halides is 1. The zero-order valence-corrected chi connectivity index (χ0v) is 8.69. The molecular weight excluding hydrogens is 200 g/mol. The van der Waals surface area contributed by atoms with Gasteiger partial charge in [0, 0.05) is 19.2 Å². The monoisotopic (exact) mass is 212 g/mol. The molecule has 0 spiro atoms. The van der Waals surface area contributed by atoms with E-state index in [1.807, 2.05) is 0 Å². The molecule has 0 bridgehead atoms. The first-order valence-corrected chi connectivity index (χ1v) is 6.26. The normalized spacial score (nSPS) is 12.0. The van der Waals surface area contributed by atoms with Crippen LogP contribution < -0.4 is 0 Å². The average molecular weight is 213 g/mol. The van der Waals surface area contributed by atoms with Crippen molar-refractivity contribution >= 4 is 24.5 Å². The molecule has 0 rings (SSSR count). The van der Waals surface area contributed by atoms with Crippen molar-refractivity contribution in [3.8, 4) is 0 Å². The zero-order valence-electron chi connectivity index (χ0n) is 6.11. The second-order valence-electron chi connectivity index (χ2n) is 1.81. The van der Waals surface area contributed by atoms with Crippen molar-refractivity contribution in [3.05, 3.63) is 0 Å².